The smallest absolute Gasteiger partial charge is 0.123 e. The topological polar surface area (TPSA) is 3.24 Å². The summed E-state index contributed by atoms with van der Waals surface area (Å²) in [6, 6.07) is 70.3. The number of halogens is 1. The maximum atomic E-state index is 14.0. The molecule has 0 atom stereocenters. The first-order chi connectivity index (χ1) is 29.3. The molecule has 0 fully saturated rings. The monoisotopic (exact) mass is 773 g/mol. The van der Waals surface area contributed by atoms with Gasteiger partial charge in [-0.1, -0.05) is 185 Å². The molecule has 1 nitrogen and oxygen atoms in total. The van der Waals surface area contributed by atoms with Gasteiger partial charge in [0.15, 0.2) is 0 Å². The fourth-order valence-electron chi connectivity index (χ4n) is 8.94. The Labute approximate surface area is 351 Å². The summed E-state index contributed by atoms with van der Waals surface area (Å²) in [4.78, 5) is 2.17. The zero-order valence-corrected chi connectivity index (χ0v) is 34.0. The molecule has 0 aliphatic heterocycles. The molecule has 288 valence electrons. The third-order valence-corrected chi connectivity index (χ3v) is 11.8. The minimum absolute atomic E-state index is 0.0329. The highest BCUT2D eigenvalue weighted by molar-refractivity contribution is 6.23. The Kier molecular flexibility index (Phi) is 9.34. The van der Waals surface area contributed by atoms with E-state index in [2.05, 4.69) is 214 Å². The Hall–Kier alpha value is -7.29. The molecule has 0 amide bonds. The lowest BCUT2D eigenvalue weighted by molar-refractivity contribution is 0.596. The molecule has 0 saturated heterocycles. The molecule has 10 rings (SSSR count). The number of rotatable bonds is 7. The first kappa shape index (κ1) is 37.0. The number of hydrogen-bond donors (Lipinski definition) is 0. The maximum absolute atomic E-state index is 14.0. The van der Waals surface area contributed by atoms with E-state index in [0.29, 0.717) is 0 Å². The fourth-order valence-corrected chi connectivity index (χ4v) is 8.94. The highest BCUT2D eigenvalue weighted by Gasteiger charge is 2.22. The second-order valence-corrected chi connectivity index (χ2v) is 16.7. The van der Waals surface area contributed by atoms with E-state index in [1.54, 1.807) is 0 Å². The normalized spacial score (nSPS) is 11.9. The molecule has 0 spiro atoms. The molecule has 0 aliphatic rings. The Bertz CT molecular complexity index is 3170. The molecule has 0 aromatic heterocycles. The van der Waals surface area contributed by atoms with Crippen LogP contribution in [0.4, 0.5) is 21.5 Å². The molecular formula is C58H44FN. The minimum atomic E-state index is -0.253. The van der Waals surface area contributed by atoms with Crippen molar-refractivity contribution in [2.24, 2.45) is 0 Å². The van der Waals surface area contributed by atoms with E-state index < -0.39 is 0 Å². The summed E-state index contributed by atoms with van der Waals surface area (Å²) in [6.07, 6.45) is 4.33. The summed E-state index contributed by atoms with van der Waals surface area (Å²) < 4.78 is 14.0. The van der Waals surface area contributed by atoms with Gasteiger partial charge in [-0.15, -0.1) is 0 Å². The standard InChI is InChI=1S/C58H44FN/c1-58(2,3)55-37-36-54(48-14-6-7-15-49(48)55)57-52-18-10-8-16-50(52)56(51-17-9-11-19-53(51)57)42-26-22-39(23-27-42)20-21-40-24-31-45(32-25-40)60(46-34-29-44(59)30-35-46)47-33-28-41-12-4-5-13-43(41)38-47/h4-38H,1-3H3. The second-order valence-electron chi connectivity index (χ2n) is 16.7. The largest absolute Gasteiger partial charge is 0.310 e. The van der Waals surface area contributed by atoms with Crippen LogP contribution in [0.5, 0.6) is 0 Å². The highest BCUT2D eigenvalue weighted by atomic mass is 19.1. The van der Waals surface area contributed by atoms with Gasteiger partial charge in [-0.2, -0.15) is 0 Å². The molecule has 10 aromatic carbocycles. The summed E-state index contributed by atoms with van der Waals surface area (Å²) in [7, 11) is 0. The van der Waals surface area contributed by atoms with Crippen molar-refractivity contribution in [2.75, 3.05) is 4.90 Å². The fraction of sp³-hybridized carbons (Fsp3) is 0.0690. The molecule has 0 bridgehead atoms. The summed E-state index contributed by atoms with van der Waals surface area (Å²) in [5, 5.41) is 9.94. The summed E-state index contributed by atoms with van der Waals surface area (Å²) in [6.45, 7) is 6.89. The number of benzene rings is 10. The van der Waals surface area contributed by atoms with Crippen LogP contribution < -0.4 is 4.90 Å². The van der Waals surface area contributed by atoms with E-state index in [1.807, 2.05) is 12.1 Å². The lowest BCUT2D eigenvalue weighted by Crippen LogP contribution is -2.11. The zero-order valence-electron chi connectivity index (χ0n) is 34.0. The van der Waals surface area contributed by atoms with Crippen molar-refractivity contribution in [1.29, 1.82) is 0 Å². The van der Waals surface area contributed by atoms with E-state index in [9.17, 15) is 4.39 Å². The third kappa shape index (κ3) is 6.80. The van der Waals surface area contributed by atoms with Crippen LogP contribution in [-0.2, 0) is 5.41 Å². The quantitative estimate of drug-likeness (QED) is 0.115. The zero-order chi connectivity index (χ0) is 40.8. The lowest BCUT2D eigenvalue weighted by Gasteiger charge is -2.26. The van der Waals surface area contributed by atoms with Gasteiger partial charge in [0, 0.05) is 17.1 Å². The third-order valence-electron chi connectivity index (χ3n) is 11.8. The van der Waals surface area contributed by atoms with Crippen LogP contribution in [0.1, 0.15) is 37.5 Å². The van der Waals surface area contributed by atoms with Gasteiger partial charge in [0.25, 0.3) is 0 Å². The molecule has 0 N–H and O–H groups in total. The van der Waals surface area contributed by atoms with Gasteiger partial charge in [0.05, 0.1) is 0 Å². The van der Waals surface area contributed by atoms with Crippen molar-refractivity contribution < 1.29 is 4.39 Å². The van der Waals surface area contributed by atoms with Crippen LogP contribution in [0.15, 0.2) is 200 Å². The molecule has 0 aliphatic carbocycles. The Morgan fingerprint density at radius 2 is 0.867 bits per heavy atom. The van der Waals surface area contributed by atoms with E-state index in [0.717, 1.165) is 33.6 Å². The van der Waals surface area contributed by atoms with Gasteiger partial charge in [-0.3, -0.25) is 0 Å². The van der Waals surface area contributed by atoms with Crippen molar-refractivity contribution in [3.05, 3.63) is 223 Å². The molecule has 0 radical (unpaired) electrons. The van der Waals surface area contributed by atoms with E-state index in [-0.39, 0.29) is 11.2 Å². The Balaban J connectivity index is 0.987. The predicted octanol–water partition coefficient (Wildman–Crippen LogP) is 16.7. The number of anilines is 3. The van der Waals surface area contributed by atoms with Crippen LogP contribution in [0, 0.1) is 5.82 Å². The molecule has 0 heterocycles. The van der Waals surface area contributed by atoms with Crippen LogP contribution in [0.3, 0.4) is 0 Å². The van der Waals surface area contributed by atoms with E-state index in [1.165, 1.54) is 77.7 Å². The number of fused-ring (bicyclic) bond motifs is 4. The van der Waals surface area contributed by atoms with Crippen molar-refractivity contribution in [3.63, 3.8) is 0 Å². The Morgan fingerprint density at radius 3 is 1.45 bits per heavy atom. The van der Waals surface area contributed by atoms with E-state index in [4.69, 9.17) is 0 Å². The van der Waals surface area contributed by atoms with Crippen LogP contribution in [-0.4, -0.2) is 0 Å². The maximum Gasteiger partial charge on any atom is 0.123 e. The van der Waals surface area contributed by atoms with Crippen molar-refractivity contribution in [2.45, 2.75) is 26.2 Å². The average molecular weight is 774 g/mol. The van der Waals surface area contributed by atoms with Crippen molar-refractivity contribution in [1.82, 2.24) is 0 Å². The van der Waals surface area contributed by atoms with Gasteiger partial charge in [0.1, 0.15) is 5.82 Å². The summed E-state index contributed by atoms with van der Waals surface area (Å²) >= 11 is 0. The van der Waals surface area contributed by atoms with Crippen LogP contribution in [0.25, 0.3) is 77.5 Å². The number of nitrogens with zero attached hydrogens (tertiary/aromatic N) is 1. The predicted molar refractivity (Wildman–Crippen MR) is 256 cm³/mol. The van der Waals surface area contributed by atoms with Crippen molar-refractivity contribution in [3.8, 4) is 22.3 Å². The van der Waals surface area contributed by atoms with Gasteiger partial charge in [-0.05, 0) is 136 Å². The van der Waals surface area contributed by atoms with Crippen LogP contribution >= 0.6 is 0 Å². The molecular weight excluding hydrogens is 730 g/mol. The SMILES string of the molecule is CC(C)(C)c1ccc(-c2c3ccccc3c(-c3ccc(C=Cc4ccc(N(c5ccc(F)cc5)c5ccc6ccccc6c5)cc4)cc3)c3ccccc23)c2ccccc12. The Morgan fingerprint density at radius 1 is 0.400 bits per heavy atom. The van der Waals surface area contributed by atoms with Gasteiger partial charge in [-0.25, -0.2) is 4.39 Å². The highest BCUT2D eigenvalue weighted by Crippen LogP contribution is 2.46. The summed E-state index contributed by atoms with van der Waals surface area (Å²) in [5.41, 5.74) is 11.5. The van der Waals surface area contributed by atoms with Gasteiger partial charge < -0.3 is 4.90 Å². The molecule has 10 aromatic rings. The van der Waals surface area contributed by atoms with Gasteiger partial charge >= 0.3 is 0 Å². The average Bonchev–Trinajstić information content (AvgIpc) is 3.28. The molecule has 2 heteroatoms. The van der Waals surface area contributed by atoms with Crippen LogP contribution in [0.2, 0.25) is 0 Å². The van der Waals surface area contributed by atoms with E-state index >= 15 is 0 Å². The first-order valence-corrected chi connectivity index (χ1v) is 20.7. The second kappa shape index (κ2) is 15.1. The first-order valence-electron chi connectivity index (χ1n) is 20.7. The lowest BCUT2D eigenvalue weighted by atomic mass is 9.80. The summed E-state index contributed by atoms with van der Waals surface area (Å²) in [5.74, 6) is -0.253. The molecule has 60 heavy (non-hydrogen) atoms. The number of hydrogen-bond acceptors (Lipinski definition) is 1. The molecule has 0 saturated carbocycles. The van der Waals surface area contributed by atoms with Crippen molar-refractivity contribution >= 4 is 72.3 Å². The van der Waals surface area contributed by atoms with Gasteiger partial charge in [0.2, 0.25) is 0 Å². The minimum Gasteiger partial charge on any atom is -0.310 e. The molecule has 0 unspecified atom stereocenters.